The number of rotatable bonds is 4. The maximum atomic E-state index is 11.0. The van der Waals surface area contributed by atoms with Crippen LogP contribution in [0.4, 0.5) is 0 Å². The largest absolute Gasteiger partial charge is 0.480 e. The van der Waals surface area contributed by atoms with Gasteiger partial charge in [0.05, 0.1) is 6.10 Å². The van der Waals surface area contributed by atoms with Crippen molar-refractivity contribution >= 4 is 17.7 Å². The molecular formula is C9H16O3S. The van der Waals surface area contributed by atoms with Gasteiger partial charge < -0.3 is 10.2 Å². The molecule has 1 heterocycles. The molecule has 0 aliphatic carbocycles. The van der Waals surface area contributed by atoms with E-state index in [1.54, 1.807) is 0 Å². The first-order valence-electron chi connectivity index (χ1n) is 4.66. The van der Waals surface area contributed by atoms with E-state index in [4.69, 9.17) is 5.11 Å². The molecule has 0 radical (unpaired) electrons. The van der Waals surface area contributed by atoms with Crippen molar-refractivity contribution in [3.63, 3.8) is 0 Å². The molecule has 1 saturated heterocycles. The van der Waals surface area contributed by atoms with Crippen molar-refractivity contribution < 1.29 is 15.0 Å². The van der Waals surface area contributed by atoms with Crippen molar-refractivity contribution in [1.29, 1.82) is 0 Å². The van der Waals surface area contributed by atoms with Gasteiger partial charge in [0.1, 0.15) is 4.75 Å². The first-order valence-corrected chi connectivity index (χ1v) is 5.65. The summed E-state index contributed by atoms with van der Waals surface area (Å²) in [7, 11) is 0. The third kappa shape index (κ3) is 2.38. The van der Waals surface area contributed by atoms with Gasteiger partial charge >= 0.3 is 5.97 Å². The van der Waals surface area contributed by atoms with Gasteiger partial charge in [-0.25, -0.2) is 0 Å². The van der Waals surface area contributed by atoms with Gasteiger partial charge in [-0.05, 0) is 31.4 Å². The normalized spacial score (nSPS) is 30.3. The minimum Gasteiger partial charge on any atom is -0.480 e. The summed E-state index contributed by atoms with van der Waals surface area (Å²) in [6.07, 6.45) is 2.21. The standard InChI is InChI=1S/C9H16O3S/c1-2-7(10)6-9(8(11)12)4-3-5-13-9/h7,10H,2-6H2,1H3,(H,11,12). The van der Waals surface area contributed by atoms with Crippen molar-refractivity contribution in [2.75, 3.05) is 5.75 Å². The zero-order chi connectivity index (χ0) is 9.90. The van der Waals surface area contributed by atoms with Gasteiger partial charge in [0, 0.05) is 0 Å². The Morgan fingerprint density at radius 1 is 1.69 bits per heavy atom. The number of hydrogen-bond donors (Lipinski definition) is 2. The van der Waals surface area contributed by atoms with Crippen LogP contribution in [0.1, 0.15) is 32.6 Å². The second kappa shape index (κ2) is 4.33. The van der Waals surface area contributed by atoms with Crippen LogP contribution in [0.2, 0.25) is 0 Å². The van der Waals surface area contributed by atoms with Crippen molar-refractivity contribution in [2.24, 2.45) is 0 Å². The van der Waals surface area contributed by atoms with E-state index in [2.05, 4.69) is 0 Å². The minimum absolute atomic E-state index is 0.392. The number of aliphatic hydroxyl groups is 1. The van der Waals surface area contributed by atoms with E-state index >= 15 is 0 Å². The van der Waals surface area contributed by atoms with Crippen molar-refractivity contribution in [3.8, 4) is 0 Å². The van der Waals surface area contributed by atoms with Gasteiger partial charge in [0.2, 0.25) is 0 Å². The Hall–Kier alpha value is -0.220. The Morgan fingerprint density at radius 2 is 2.38 bits per heavy atom. The zero-order valence-electron chi connectivity index (χ0n) is 7.82. The molecule has 1 fully saturated rings. The maximum Gasteiger partial charge on any atom is 0.319 e. The molecule has 1 aliphatic rings. The van der Waals surface area contributed by atoms with Crippen LogP contribution in [0.15, 0.2) is 0 Å². The van der Waals surface area contributed by atoms with Gasteiger partial charge in [-0.15, -0.1) is 11.8 Å². The molecule has 1 aliphatic heterocycles. The maximum absolute atomic E-state index is 11.0. The van der Waals surface area contributed by atoms with Crippen LogP contribution in [0.3, 0.4) is 0 Å². The van der Waals surface area contributed by atoms with E-state index in [9.17, 15) is 9.90 Å². The third-order valence-electron chi connectivity index (χ3n) is 2.53. The van der Waals surface area contributed by atoms with E-state index in [1.807, 2.05) is 6.92 Å². The molecule has 0 amide bonds. The highest BCUT2D eigenvalue weighted by Gasteiger charge is 2.43. The Labute approximate surface area is 82.5 Å². The lowest BCUT2D eigenvalue weighted by atomic mass is 9.95. The number of aliphatic hydroxyl groups excluding tert-OH is 1. The van der Waals surface area contributed by atoms with Crippen LogP contribution < -0.4 is 0 Å². The van der Waals surface area contributed by atoms with Crippen molar-refractivity contribution in [1.82, 2.24) is 0 Å². The highest BCUT2D eigenvalue weighted by Crippen LogP contribution is 2.42. The zero-order valence-corrected chi connectivity index (χ0v) is 8.64. The van der Waals surface area contributed by atoms with Crippen LogP contribution >= 0.6 is 11.8 Å². The summed E-state index contributed by atoms with van der Waals surface area (Å²) in [5.41, 5.74) is 0. The van der Waals surface area contributed by atoms with Crippen LogP contribution in [-0.4, -0.2) is 32.8 Å². The first-order chi connectivity index (χ1) is 6.10. The minimum atomic E-state index is -0.762. The lowest BCUT2D eigenvalue weighted by Crippen LogP contribution is -2.36. The fourth-order valence-electron chi connectivity index (χ4n) is 1.64. The molecule has 2 unspecified atom stereocenters. The monoisotopic (exact) mass is 204 g/mol. The van der Waals surface area contributed by atoms with E-state index in [0.29, 0.717) is 19.3 Å². The Morgan fingerprint density at radius 3 is 2.77 bits per heavy atom. The fourth-order valence-corrected chi connectivity index (χ4v) is 3.04. The molecule has 0 spiro atoms. The highest BCUT2D eigenvalue weighted by atomic mass is 32.2. The van der Waals surface area contributed by atoms with Gasteiger partial charge in [-0.2, -0.15) is 0 Å². The Balaban J connectivity index is 2.62. The van der Waals surface area contributed by atoms with Gasteiger partial charge in [-0.1, -0.05) is 6.92 Å². The summed E-state index contributed by atoms with van der Waals surface area (Å²) in [5, 5.41) is 18.5. The number of carbonyl (C=O) groups is 1. The lowest BCUT2D eigenvalue weighted by Gasteiger charge is -2.25. The third-order valence-corrected chi connectivity index (χ3v) is 4.12. The van der Waals surface area contributed by atoms with E-state index in [-0.39, 0.29) is 0 Å². The summed E-state index contributed by atoms with van der Waals surface area (Å²) < 4.78 is -0.699. The SMILES string of the molecule is CCC(O)CC1(C(=O)O)CCCS1. The number of carboxylic acid groups (broad SMARTS) is 1. The van der Waals surface area contributed by atoms with E-state index < -0.39 is 16.8 Å². The molecule has 76 valence electrons. The van der Waals surface area contributed by atoms with Crippen LogP contribution in [0.25, 0.3) is 0 Å². The summed E-state index contributed by atoms with van der Waals surface area (Å²) in [6, 6.07) is 0. The van der Waals surface area contributed by atoms with Crippen molar-refractivity contribution in [2.45, 2.75) is 43.5 Å². The molecule has 0 saturated carbocycles. The molecule has 2 N–H and O–H groups in total. The van der Waals surface area contributed by atoms with Crippen molar-refractivity contribution in [3.05, 3.63) is 0 Å². The van der Waals surface area contributed by atoms with Gasteiger partial charge in [-0.3, -0.25) is 4.79 Å². The quantitative estimate of drug-likeness (QED) is 0.728. The van der Waals surface area contributed by atoms with Crippen LogP contribution in [-0.2, 0) is 4.79 Å². The smallest absolute Gasteiger partial charge is 0.319 e. The Bertz CT molecular complexity index is 187. The molecule has 13 heavy (non-hydrogen) atoms. The molecular weight excluding hydrogens is 188 g/mol. The second-order valence-corrected chi connectivity index (χ2v) is 5.00. The summed E-state index contributed by atoms with van der Waals surface area (Å²) in [5.74, 6) is 0.144. The fraction of sp³-hybridized carbons (Fsp3) is 0.889. The summed E-state index contributed by atoms with van der Waals surface area (Å²) >= 11 is 1.48. The number of carboxylic acids is 1. The molecule has 1 rings (SSSR count). The topological polar surface area (TPSA) is 57.5 Å². The van der Waals surface area contributed by atoms with E-state index in [0.717, 1.165) is 12.2 Å². The van der Waals surface area contributed by atoms with Crippen LogP contribution in [0, 0.1) is 0 Å². The van der Waals surface area contributed by atoms with Gasteiger partial charge in [0.15, 0.2) is 0 Å². The predicted molar refractivity (Wildman–Crippen MR) is 53.0 cm³/mol. The molecule has 0 aromatic heterocycles. The second-order valence-electron chi connectivity index (χ2n) is 3.52. The molecule has 0 aromatic rings. The summed E-state index contributed by atoms with van der Waals surface area (Å²) in [6.45, 7) is 1.87. The average Bonchev–Trinajstić information content (AvgIpc) is 2.54. The molecule has 4 heteroatoms. The molecule has 0 bridgehead atoms. The average molecular weight is 204 g/mol. The lowest BCUT2D eigenvalue weighted by molar-refractivity contribution is -0.140. The highest BCUT2D eigenvalue weighted by molar-refractivity contribution is 8.01. The number of hydrogen-bond acceptors (Lipinski definition) is 3. The molecule has 2 atom stereocenters. The summed E-state index contributed by atoms with van der Waals surface area (Å²) in [4.78, 5) is 11.0. The van der Waals surface area contributed by atoms with Crippen LogP contribution in [0.5, 0.6) is 0 Å². The van der Waals surface area contributed by atoms with E-state index in [1.165, 1.54) is 11.8 Å². The predicted octanol–water partition coefficient (Wildman–Crippen LogP) is 1.50. The number of thioether (sulfide) groups is 1. The van der Waals surface area contributed by atoms with Gasteiger partial charge in [0.25, 0.3) is 0 Å². The molecule has 0 aromatic carbocycles. The first kappa shape index (κ1) is 10.9. The Kier molecular flexibility index (Phi) is 3.62. The number of aliphatic carboxylic acids is 1. The molecule has 3 nitrogen and oxygen atoms in total.